The lowest BCUT2D eigenvalue weighted by atomic mass is 9.71. The lowest BCUT2D eigenvalue weighted by molar-refractivity contribution is 0.343. The molecule has 1 aliphatic rings. The van der Waals surface area contributed by atoms with Crippen LogP contribution in [0.25, 0.3) is 0 Å². The summed E-state index contributed by atoms with van der Waals surface area (Å²) in [6, 6.07) is 0. The number of aliphatic imine (C=N–C) groups is 2. The Morgan fingerprint density at radius 2 is 1.16 bits per heavy atom. The highest BCUT2D eigenvalue weighted by atomic mass is 16.1. The maximum absolute atomic E-state index is 10.2. The fourth-order valence-corrected chi connectivity index (χ4v) is 6.72. The average Bonchev–Trinajstić information content (AvgIpc) is 3.03. The molecule has 0 radical (unpaired) electrons. The molecule has 0 amide bonds. The second kappa shape index (κ2) is 31.0. The Morgan fingerprint density at radius 1 is 0.636 bits per heavy atom. The van der Waals surface area contributed by atoms with Crippen LogP contribution in [0.3, 0.4) is 0 Å². The van der Waals surface area contributed by atoms with Crippen molar-refractivity contribution in [2.24, 2.45) is 21.8 Å². The van der Waals surface area contributed by atoms with E-state index >= 15 is 0 Å². The summed E-state index contributed by atoms with van der Waals surface area (Å²) in [5, 5.41) is 0. The van der Waals surface area contributed by atoms with Crippen LogP contribution < -0.4 is 0 Å². The summed E-state index contributed by atoms with van der Waals surface area (Å²) < 4.78 is 0. The van der Waals surface area contributed by atoms with Gasteiger partial charge in [-0.2, -0.15) is 0 Å². The van der Waals surface area contributed by atoms with E-state index in [1.165, 1.54) is 154 Å². The van der Waals surface area contributed by atoms with Crippen LogP contribution in [0, 0.1) is 11.8 Å². The molecule has 1 rings (SSSR count). The number of hydrogen-bond acceptors (Lipinski definition) is 4. The Labute approximate surface area is 272 Å². The zero-order chi connectivity index (χ0) is 31.8. The van der Waals surface area contributed by atoms with Crippen LogP contribution in [-0.4, -0.2) is 25.2 Å². The standard InChI is InChI=1S/C40H68N2O2/c1-3-5-7-15-23-29-39-37(27-21-17-11-9-13-19-25-33-41-35-43)31-32-38(40(39)30-24-16-8-6-4-2)28-22-18-12-10-14-20-26-34-42-36-44/h23-24,29-30,37,39H,3-22,25-28,31-34H2,1-2H3. The van der Waals surface area contributed by atoms with Crippen molar-refractivity contribution in [3.63, 3.8) is 0 Å². The Kier molecular flexibility index (Phi) is 28.2. The van der Waals surface area contributed by atoms with Crippen LogP contribution in [0.2, 0.25) is 0 Å². The van der Waals surface area contributed by atoms with Crippen LogP contribution in [0.15, 0.2) is 45.4 Å². The molecule has 0 saturated carbocycles. The van der Waals surface area contributed by atoms with Crippen LogP contribution in [0.5, 0.6) is 0 Å². The van der Waals surface area contributed by atoms with Gasteiger partial charge in [0.05, 0.1) is 13.1 Å². The lowest BCUT2D eigenvalue weighted by Crippen LogP contribution is -2.21. The van der Waals surface area contributed by atoms with Gasteiger partial charge in [0.1, 0.15) is 0 Å². The van der Waals surface area contributed by atoms with Crippen molar-refractivity contribution in [2.45, 2.75) is 181 Å². The highest BCUT2D eigenvalue weighted by molar-refractivity contribution is 5.35. The van der Waals surface area contributed by atoms with E-state index in [1.807, 2.05) is 0 Å². The summed E-state index contributed by atoms with van der Waals surface area (Å²) in [6.45, 7) is 5.87. The molecule has 0 aromatic carbocycles. The van der Waals surface area contributed by atoms with Crippen LogP contribution in [0.1, 0.15) is 181 Å². The van der Waals surface area contributed by atoms with Crippen LogP contribution in [-0.2, 0) is 9.59 Å². The number of isocyanates is 2. The number of allylic oxidation sites excluding steroid dienone is 6. The van der Waals surface area contributed by atoms with Gasteiger partial charge in [0.2, 0.25) is 12.2 Å². The highest BCUT2D eigenvalue weighted by Crippen LogP contribution is 2.41. The quantitative estimate of drug-likeness (QED) is 0.0352. The summed E-state index contributed by atoms with van der Waals surface area (Å²) in [5.74, 6) is 1.37. The SMILES string of the molecule is CCCCCC=CC1=C(CCCCCCCCCN=C=O)CCC(CCCCCCCCCN=C=O)C1C=CCCCCC. The summed E-state index contributed by atoms with van der Waals surface area (Å²) in [6.07, 6.45) is 46.6. The van der Waals surface area contributed by atoms with E-state index in [0.29, 0.717) is 19.0 Å². The van der Waals surface area contributed by atoms with Crippen molar-refractivity contribution >= 4 is 12.2 Å². The maximum Gasteiger partial charge on any atom is 0.234 e. The molecule has 4 heteroatoms. The maximum atomic E-state index is 10.2. The minimum atomic E-state index is 0.593. The first-order valence-electron chi connectivity index (χ1n) is 18.9. The van der Waals surface area contributed by atoms with Gasteiger partial charge in [0, 0.05) is 5.92 Å². The first-order valence-corrected chi connectivity index (χ1v) is 18.9. The third kappa shape index (κ3) is 21.6. The predicted octanol–water partition coefficient (Wildman–Crippen LogP) is 12.5. The van der Waals surface area contributed by atoms with Crippen molar-refractivity contribution in [1.29, 1.82) is 0 Å². The molecule has 0 fully saturated rings. The second-order valence-electron chi connectivity index (χ2n) is 13.1. The van der Waals surface area contributed by atoms with Gasteiger partial charge >= 0.3 is 0 Å². The number of unbranched alkanes of at least 4 members (excludes halogenated alkanes) is 18. The summed E-state index contributed by atoms with van der Waals surface area (Å²) >= 11 is 0. The largest absolute Gasteiger partial charge is 0.234 e. The fraction of sp³-hybridized carbons (Fsp3) is 0.800. The van der Waals surface area contributed by atoms with E-state index in [4.69, 9.17) is 0 Å². The molecule has 0 bridgehead atoms. The summed E-state index contributed by atoms with van der Waals surface area (Å²) in [5.41, 5.74) is 3.43. The average molecular weight is 609 g/mol. The van der Waals surface area contributed by atoms with Gasteiger partial charge in [-0.3, -0.25) is 0 Å². The Balaban J connectivity index is 2.76. The Hall–Kier alpha value is -2.02. The van der Waals surface area contributed by atoms with E-state index in [-0.39, 0.29) is 0 Å². The van der Waals surface area contributed by atoms with Crippen molar-refractivity contribution in [1.82, 2.24) is 0 Å². The molecule has 44 heavy (non-hydrogen) atoms. The fourth-order valence-electron chi connectivity index (χ4n) is 6.72. The van der Waals surface area contributed by atoms with E-state index in [9.17, 15) is 9.59 Å². The van der Waals surface area contributed by atoms with Crippen molar-refractivity contribution < 1.29 is 9.59 Å². The Morgan fingerprint density at radius 3 is 1.73 bits per heavy atom. The molecule has 0 aliphatic heterocycles. The third-order valence-electron chi connectivity index (χ3n) is 9.40. The smallest absolute Gasteiger partial charge is 0.211 e. The second-order valence-corrected chi connectivity index (χ2v) is 13.1. The molecule has 0 aromatic heterocycles. The number of hydrogen-bond donors (Lipinski definition) is 0. The van der Waals surface area contributed by atoms with E-state index < -0.39 is 0 Å². The van der Waals surface area contributed by atoms with Gasteiger partial charge in [-0.1, -0.05) is 140 Å². The first kappa shape index (κ1) is 40.0. The number of rotatable bonds is 30. The first-order chi connectivity index (χ1) is 21.8. The molecule has 0 heterocycles. The summed E-state index contributed by atoms with van der Waals surface area (Å²) in [7, 11) is 0. The van der Waals surface area contributed by atoms with E-state index in [1.54, 1.807) is 23.3 Å². The van der Waals surface area contributed by atoms with Gasteiger partial charge in [0.25, 0.3) is 0 Å². The molecule has 0 saturated heterocycles. The highest BCUT2D eigenvalue weighted by Gasteiger charge is 2.28. The molecule has 1 aliphatic carbocycles. The molecule has 250 valence electrons. The van der Waals surface area contributed by atoms with E-state index in [0.717, 1.165) is 18.8 Å². The molecule has 0 aromatic rings. The summed E-state index contributed by atoms with van der Waals surface area (Å²) in [4.78, 5) is 27.7. The lowest BCUT2D eigenvalue weighted by Gasteiger charge is -2.34. The van der Waals surface area contributed by atoms with E-state index in [2.05, 4.69) is 48.1 Å². The van der Waals surface area contributed by atoms with Crippen molar-refractivity contribution in [3.05, 3.63) is 35.5 Å². The van der Waals surface area contributed by atoms with Gasteiger partial charge in [0.15, 0.2) is 0 Å². The molecular weight excluding hydrogens is 540 g/mol. The van der Waals surface area contributed by atoms with Gasteiger partial charge in [-0.15, -0.1) is 0 Å². The minimum Gasteiger partial charge on any atom is -0.211 e. The number of carbonyl (C=O) groups excluding carboxylic acids is 2. The van der Waals surface area contributed by atoms with Crippen molar-refractivity contribution in [3.8, 4) is 0 Å². The topological polar surface area (TPSA) is 58.9 Å². The monoisotopic (exact) mass is 609 g/mol. The molecule has 0 N–H and O–H groups in total. The molecule has 0 spiro atoms. The van der Waals surface area contributed by atoms with Crippen LogP contribution in [0.4, 0.5) is 0 Å². The third-order valence-corrected chi connectivity index (χ3v) is 9.40. The van der Waals surface area contributed by atoms with Gasteiger partial charge in [-0.05, 0) is 82.1 Å². The Bertz CT molecular complexity index is 861. The molecular formula is C40H68N2O2. The van der Waals surface area contributed by atoms with Crippen molar-refractivity contribution in [2.75, 3.05) is 13.1 Å². The molecule has 4 nitrogen and oxygen atoms in total. The predicted molar refractivity (Wildman–Crippen MR) is 190 cm³/mol. The van der Waals surface area contributed by atoms with Crippen LogP contribution >= 0.6 is 0 Å². The van der Waals surface area contributed by atoms with Gasteiger partial charge < -0.3 is 0 Å². The zero-order valence-corrected chi connectivity index (χ0v) is 29.0. The molecule has 2 atom stereocenters. The molecule has 2 unspecified atom stereocenters. The normalized spacial score (nSPS) is 17.0. The zero-order valence-electron chi connectivity index (χ0n) is 29.0. The van der Waals surface area contributed by atoms with Gasteiger partial charge in [-0.25, -0.2) is 19.6 Å². The minimum absolute atomic E-state index is 0.593. The number of nitrogens with zero attached hydrogens (tertiary/aromatic N) is 2.